The molecule has 10 aromatic carbocycles. The van der Waals surface area contributed by atoms with E-state index in [9.17, 15) is 0 Å². The third-order valence-electron chi connectivity index (χ3n) is 12.1. The summed E-state index contributed by atoms with van der Waals surface area (Å²) in [4.78, 5) is 2.39. The van der Waals surface area contributed by atoms with E-state index < -0.39 is 0 Å². The molecule has 3 heteroatoms. The SMILES string of the molecule is c1ccc(-c2ccc(-c3ccc(N(c4cccc(-c5cccc6oc7c8ccccc8ccc7c56)c4)c4ccc5c(c4)sc4ccccc45)cc3)cc2-c2ccccc2)cc1. The summed E-state index contributed by atoms with van der Waals surface area (Å²) >= 11 is 1.85. The average Bonchev–Trinajstić information content (AvgIpc) is 3.91. The molecule has 286 valence electrons. The maximum atomic E-state index is 6.61. The van der Waals surface area contributed by atoms with E-state index >= 15 is 0 Å². The molecule has 2 heterocycles. The summed E-state index contributed by atoms with van der Waals surface area (Å²) in [6.07, 6.45) is 0. The van der Waals surface area contributed by atoms with Crippen molar-refractivity contribution < 1.29 is 4.42 Å². The Hall–Kier alpha value is -7.72. The lowest BCUT2D eigenvalue weighted by atomic mass is 9.91. The topological polar surface area (TPSA) is 16.4 Å². The maximum Gasteiger partial charge on any atom is 0.143 e. The molecule has 0 atom stereocenters. The summed E-state index contributed by atoms with van der Waals surface area (Å²) in [7, 11) is 0. The van der Waals surface area contributed by atoms with E-state index in [0.29, 0.717) is 0 Å². The van der Waals surface area contributed by atoms with Crippen LogP contribution in [0.5, 0.6) is 0 Å². The van der Waals surface area contributed by atoms with Gasteiger partial charge in [0.2, 0.25) is 0 Å². The van der Waals surface area contributed by atoms with Gasteiger partial charge in [0, 0.05) is 53.4 Å². The van der Waals surface area contributed by atoms with Crippen LogP contribution in [-0.4, -0.2) is 0 Å². The second kappa shape index (κ2) is 14.5. The molecule has 0 unspecified atom stereocenters. The number of nitrogens with zero attached hydrogens (tertiary/aromatic N) is 1. The fraction of sp³-hybridized carbons (Fsp3) is 0. The summed E-state index contributed by atoms with van der Waals surface area (Å²) in [5.74, 6) is 0. The van der Waals surface area contributed by atoms with Crippen LogP contribution in [0.2, 0.25) is 0 Å². The number of hydrogen-bond acceptors (Lipinski definition) is 3. The van der Waals surface area contributed by atoms with Crippen molar-refractivity contribution in [2.45, 2.75) is 0 Å². The van der Waals surface area contributed by atoms with Crippen LogP contribution in [0.15, 0.2) is 229 Å². The molecule has 0 bridgehead atoms. The highest BCUT2D eigenvalue weighted by atomic mass is 32.1. The Morgan fingerprint density at radius 1 is 0.328 bits per heavy atom. The van der Waals surface area contributed by atoms with Gasteiger partial charge in [-0.25, -0.2) is 0 Å². The quantitative estimate of drug-likeness (QED) is 0.160. The third kappa shape index (κ3) is 6.09. The van der Waals surface area contributed by atoms with Crippen LogP contribution in [0.25, 0.3) is 97.4 Å². The molecule has 0 N–H and O–H groups in total. The number of thiophene rings is 1. The van der Waals surface area contributed by atoms with Crippen molar-refractivity contribution in [2.24, 2.45) is 0 Å². The molecule has 0 fully saturated rings. The predicted octanol–water partition coefficient (Wildman–Crippen LogP) is 17.2. The molecule has 0 aliphatic rings. The van der Waals surface area contributed by atoms with Crippen molar-refractivity contribution in [1.82, 2.24) is 0 Å². The van der Waals surface area contributed by atoms with Crippen molar-refractivity contribution >= 4 is 81.3 Å². The molecule has 61 heavy (non-hydrogen) atoms. The predicted molar refractivity (Wildman–Crippen MR) is 261 cm³/mol. The zero-order valence-corrected chi connectivity index (χ0v) is 33.9. The van der Waals surface area contributed by atoms with Gasteiger partial charge >= 0.3 is 0 Å². The maximum absolute atomic E-state index is 6.61. The summed E-state index contributed by atoms with van der Waals surface area (Å²) < 4.78 is 9.18. The van der Waals surface area contributed by atoms with Crippen molar-refractivity contribution in [3.05, 3.63) is 224 Å². The molecular formula is C58H37NOS. The van der Waals surface area contributed by atoms with Crippen LogP contribution >= 0.6 is 11.3 Å². The largest absolute Gasteiger partial charge is 0.455 e. The fourth-order valence-corrected chi connectivity index (χ4v) is 10.3. The monoisotopic (exact) mass is 795 g/mol. The zero-order valence-electron chi connectivity index (χ0n) is 33.1. The fourth-order valence-electron chi connectivity index (χ4n) is 9.16. The Bertz CT molecular complexity index is 3580. The van der Waals surface area contributed by atoms with Gasteiger partial charge in [0.05, 0.1) is 0 Å². The van der Waals surface area contributed by atoms with Crippen molar-refractivity contribution in [1.29, 1.82) is 0 Å². The van der Waals surface area contributed by atoms with Gasteiger partial charge in [0.25, 0.3) is 0 Å². The first kappa shape index (κ1) is 35.2. The number of hydrogen-bond donors (Lipinski definition) is 0. The van der Waals surface area contributed by atoms with Gasteiger partial charge in [0.1, 0.15) is 11.2 Å². The molecule has 0 radical (unpaired) electrons. The van der Waals surface area contributed by atoms with E-state index in [1.165, 1.54) is 58.9 Å². The van der Waals surface area contributed by atoms with Crippen LogP contribution in [0, 0.1) is 0 Å². The Balaban J connectivity index is 0.993. The third-order valence-corrected chi connectivity index (χ3v) is 13.2. The minimum Gasteiger partial charge on any atom is -0.455 e. The van der Waals surface area contributed by atoms with Gasteiger partial charge in [-0.2, -0.15) is 0 Å². The Morgan fingerprint density at radius 3 is 1.80 bits per heavy atom. The summed E-state index contributed by atoms with van der Waals surface area (Å²) in [5.41, 5.74) is 14.6. The molecule has 12 rings (SSSR count). The van der Waals surface area contributed by atoms with E-state index in [-0.39, 0.29) is 0 Å². The lowest BCUT2D eigenvalue weighted by Crippen LogP contribution is -2.10. The first-order chi connectivity index (χ1) is 30.2. The Kier molecular flexibility index (Phi) is 8.39. The number of rotatable bonds is 7. The van der Waals surface area contributed by atoms with E-state index in [4.69, 9.17) is 4.42 Å². The molecular weight excluding hydrogens is 759 g/mol. The van der Waals surface area contributed by atoms with Gasteiger partial charge in [-0.1, -0.05) is 164 Å². The van der Waals surface area contributed by atoms with Crippen LogP contribution in [0.4, 0.5) is 17.1 Å². The molecule has 0 spiro atoms. The molecule has 2 nitrogen and oxygen atoms in total. The molecule has 0 amide bonds. The summed E-state index contributed by atoms with van der Waals surface area (Å²) in [5, 5.41) is 7.16. The molecule has 2 aromatic heterocycles. The van der Waals surface area contributed by atoms with E-state index in [0.717, 1.165) is 55.5 Å². The molecule has 12 aromatic rings. The standard InChI is InChI=1S/C58H37NOS/c1-3-13-39(14-4-1)47-32-28-42(36-53(47)40-15-5-2-6-16-40)38-25-29-44(30-26-38)59(46-31-34-51-50-21-9-10-24-55(50)61-56(51)37-46)45-19-11-18-43(35-45)48-22-12-23-54-57(48)52-33-27-41-17-7-8-20-49(41)58(52)60-54/h1-37H. The average molecular weight is 796 g/mol. The van der Waals surface area contributed by atoms with E-state index in [1.54, 1.807) is 0 Å². The van der Waals surface area contributed by atoms with Crippen LogP contribution in [0.1, 0.15) is 0 Å². The molecule has 0 saturated carbocycles. The lowest BCUT2D eigenvalue weighted by Gasteiger charge is -2.26. The normalized spacial score (nSPS) is 11.6. The van der Waals surface area contributed by atoms with Gasteiger partial charge in [-0.15, -0.1) is 11.3 Å². The Morgan fingerprint density at radius 2 is 0.967 bits per heavy atom. The molecule has 0 aliphatic heterocycles. The molecule has 0 aliphatic carbocycles. The summed E-state index contributed by atoms with van der Waals surface area (Å²) in [6, 6.07) is 81.2. The Labute approximate surface area is 357 Å². The number of anilines is 3. The van der Waals surface area contributed by atoms with Crippen LogP contribution in [-0.2, 0) is 0 Å². The van der Waals surface area contributed by atoms with Crippen molar-refractivity contribution in [3.63, 3.8) is 0 Å². The minimum atomic E-state index is 0.893. The smallest absolute Gasteiger partial charge is 0.143 e. The van der Waals surface area contributed by atoms with Gasteiger partial charge in [-0.3, -0.25) is 0 Å². The van der Waals surface area contributed by atoms with E-state index in [2.05, 4.69) is 229 Å². The lowest BCUT2D eigenvalue weighted by molar-refractivity contribution is 0.673. The van der Waals surface area contributed by atoms with Crippen molar-refractivity contribution in [2.75, 3.05) is 4.90 Å². The molecule has 0 saturated heterocycles. The first-order valence-corrected chi connectivity index (χ1v) is 21.6. The number of furan rings is 1. The highest BCUT2D eigenvalue weighted by molar-refractivity contribution is 7.25. The highest BCUT2D eigenvalue weighted by Gasteiger charge is 2.19. The minimum absolute atomic E-state index is 0.893. The van der Waals surface area contributed by atoms with Crippen molar-refractivity contribution in [3.8, 4) is 44.5 Å². The van der Waals surface area contributed by atoms with Crippen LogP contribution in [0.3, 0.4) is 0 Å². The van der Waals surface area contributed by atoms with Crippen LogP contribution < -0.4 is 4.90 Å². The number of fused-ring (bicyclic) bond motifs is 8. The second-order valence-electron chi connectivity index (χ2n) is 15.6. The number of benzene rings is 10. The summed E-state index contributed by atoms with van der Waals surface area (Å²) in [6.45, 7) is 0. The highest BCUT2D eigenvalue weighted by Crippen LogP contribution is 2.44. The van der Waals surface area contributed by atoms with E-state index in [1.807, 2.05) is 11.3 Å². The second-order valence-corrected chi connectivity index (χ2v) is 16.7. The van der Waals surface area contributed by atoms with Gasteiger partial charge in [0.15, 0.2) is 0 Å². The van der Waals surface area contributed by atoms with Gasteiger partial charge < -0.3 is 9.32 Å². The first-order valence-electron chi connectivity index (χ1n) is 20.7. The van der Waals surface area contributed by atoms with Gasteiger partial charge in [-0.05, 0) is 111 Å². The zero-order chi connectivity index (χ0) is 40.3.